The summed E-state index contributed by atoms with van der Waals surface area (Å²) in [6.07, 6.45) is 0.870. The molecule has 0 aliphatic carbocycles. The summed E-state index contributed by atoms with van der Waals surface area (Å²) >= 11 is 0. The molecule has 18 heavy (non-hydrogen) atoms. The number of hydrogen-bond donors (Lipinski definition) is 0. The van der Waals surface area contributed by atoms with E-state index in [1.54, 1.807) is 6.92 Å². The lowest BCUT2D eigenvalue weighted by molar-refractivity contribution is -0.116. The van der Waals surface area contributed by atoms with Gasteiger partial charge in [-0.1, -0.05) is 48.5 Å². The van der Waals surface area contributed by atoms with Crippen LogP contribution in [-0.2, 0) is 11.2 Å². The molecule has 0 radical (unpaired) electrons. The second-order valence-electron chi connectivity index (χ2n) is 4.24. The molecule has 0 spiro atoms. The van der Waals surface area contributed by atoms with E-state index in [4.69, 9.17) is 0 Å². The lowest BCUT2D eigenvalue weighted by Gasteiger charge is -2.21. The van der Waals surface area contributed by atoms with Crippen molar-refractivity contribution in [3.05, 3.63) is 66.2 Å². The van der Waals surface area contributed by atoms with E-state index in [1.807, 2.05) is 53.4 Å². The Labute approximate surface area is 108 Å². The van der Waals surface area contributed by atoms with E-state index in [2.05, 4.69) is 12.1 Å². The molecule has 2 rings (SSSR count). The first-order valence-corrected chi connectivity index (χ1v) is 6.14. The second-order valence-corrected chi connectivity index (χ2v) is 4.24. The minimum atomic E-state index is 0.0807. The summed E-state index contributed by atoms with van der Waals surface area (Å²) in [5.74, 6) is 0.0807. The molecule has 0 heterocycles. The first-order chi connectivity index (χ1) is 8.77. The van der Waals surface area contributed by atoms with Gasteiger partial charge in [-0.15, -0.1) is 0 Å². The summed E-state index contributed by atoms with van der Waals surface area (Å²) in [6.45, 7) is 2.32. The number of benzene rings is 2. The van der Waals surface area contributed by atoms with Crippen LogP contribution >= 0.6 is 0 Å². The summed E-state index contributed by atoms with van der Waals surface area (Å²) in [7, 11) is 0. The van der Waals surface area contributed by atoms with Gasteiger partial charge in [0.15, 0.2) is 0 Å². The first-order valence-electron chi connectivity index (χ1n) is 6.14. The van der Waals surface area contributed by atoms with Gasteiger partial charge in [-0.2, -0.15) is 0 Å². The number of carbonyl (C=O) groups excluding carboxylic acids is 1. The predicted octanol–water partition coefficient (Wildman–Crippen LogP) is 3.28. The summed E-state index contributed by atoms with van der Waals surface area (Å²) in [5, 5.41) is 0. The zero-order valence-electron chi connectivity index (χ0n) is 10.5. The highest BCUT2D eigenvalue weighted by Crippen LogP contribution is 2.14. The molecule has 0 N–H and O–H groups in total. The van der Waals surface area contributed by atoms with E-state index >= 15 is 0 Å². The molecule has 2 heteroatoms. The Hall–Kier alpha value is -2.09. The molecular formula is C16H17NO. The number of amides is 1. The minimum absolute atomic E-state index is 0.0807. The Morgan fingerprint density at radius 2 is 1.50 bits per heavy atom. The van der Waals surface area contributed by atoms with Gasteiger partial charge in [0.1, 0.15) is 0 Å². The van der Waals surface area contributed by atoms with Crippen LogP contribution in [0.2, 0.25) is 0 Å². The molecule has 2 aromatic carbocycles. The highest BCUT2D eigenvalue weighted by Gasteiger charge is 2.10. The number of nitrogens with zero attached hydrogens (tertiary/aromatic N) is 1. The fraction of sp³-hybridized carbons (Fsp3) is 0.188. The number of hydrogen-bond acceptors (Lipinski definition) is 1. The normalized spacial score (nSPS) is 10.1. The van der Waals surface area contributed by atoms with Crippen LogP contribution in [0.5, 0.6) is 0 Å². The Bertz CT molecular complexity index is 493. The van der Waals surface area contributed by atoms with Gasteiger partial charge in [-0.3, -0.25) is 4.79 Å². The molecule has 2 aromatic rings. The van der Waals surface area contributed by atoms with Crippen LogP contribution in [0.4, 0.5) is 5.69 Å². The Balaban J connectivity index is 2.06. The molecule has 2 nitrogen and oxygen atoms in total. The van der Waals surface area contributed by atoms with Crippen molar-refractivity contribution in [2.24, 2.45) is 0 Å². The fourth-order valence-electron chi connectivity index (χ4n) is 1.96. The van der Waals surface area contributed by atoms with Gasteiger partial charge in [-0.05, 0) is 24.1 Å². The number of anilines is 1. The molecule has 0 aliphatic heterocycles. The number of carbonyl (C=O) groups is 1. The lowest BCUT2D eigenvalue weighted by atomic mass is 10.1. The highest BCUT2D eigenvalue weighted by atomic mass is 16.2. The van der Waals surface area contributed by atoms with E-state index in [-0.39, 0.29) is 5.91 Å². The van der Waals surface area contributed by atoms with E-state index in [0.717, 1.165) is 12.1 Å². The van der Waals surface area contributed by atoms with Gasteiger partial charge >= 0.3 is 0 Å². The molecule has 1 amide bonds. The standard InChI is InChI=1S/C16H17NO/c1-14(18)17(16-10-6-3-7-11-16)13-12-15-8-4-2-5-9-15/h2-11H,12-13H2,1H3. The van der Waals surface area contributed by atoms with Crippen LogP contribution in [-0.4, -0.2) is 12.5 Å². The van der Waals surface area contributed by atoms with Crippen LogP contribution in [0.1, 0.15) is 12.5 Å². The quantitative estimate of drug-likeness (QED) is 0.801. The first kappa shape index (κ1) is 12.4. The predicted molar refractivity (Wildman–Crippen MR) is 74.6 cm³/mol. The van der Waals surface area contributed by atoms with Crippen molar-refractivity contribution < 1.29 is 4.79 Å². The van der Waals surface area contributed by atoms with Gasteiger partial charge < -0.3 is 4.90 Å². The minimum Gasteiger partial charge on any atom is -0.312 e. The molecule has 0 saturated carbocycles. The summed E-state index contributed by atoms with van der Waals surface area (Å²) < 4.78 is 0. The average Bonchev–Trinajstić information content (AvgIpc) is 2.41. The van der Waals surface area contributed by atoms with Gasteiger partial charge in [0.25, 0.3) is 0 Å². The largest absolute Gasteiger partial charge is 0.312 e. The van der Waals surface area contributed by atoms with Gasteiger partial charge in [0, 0.05) is 19.2 Å². The Kier molecular flexibility index (Phi) is 4.13. The van der Waals surface area contributed by atoms with Crippen LogP contribution in [0.25, 0.3) is 0 Å². The topological polar surface area (TPSA) is 20.3 Å². The third-order valence-corrected chi connectivity index (χ3v) is 2.91. The summed E-state index contributed by atoms with van der Waals surface area (Å²) in [5.41, 5.74) is 2.21. The molecule has 0 aromatic heterocycles. The monoisotopic (exact) mass is 239 g/mol. The smallest absolute Gasteiger partial charge is 0.223 e. The van der Waals surface area contributed by atoms with Gasteiger partial charge in [-0.25, -0.2) is 0 Å². The molecule has 0 atom stereocenters. The fourth-order valence-corrected chi connectivity index (χ4v) is 1.96. The zero-order valence-corrected chi connectivity index (χ0v) is 10.5. The van der Waals surface area contributed by atoms with Gasteiger partial charge in [0.05, 0.1) is 0 Å². The van der Waals surface area contributed by atoms with Crippen molar-refractivity contribution in [2.45, 2.75) is 13.3 Å². The van der Waals surface area contributed by atoms with Crippen molar-refractivity contribution in [1.82, 2.24) is 0 Å². The number of rotatable bonds is 4. The van der Waals surface area contributed by atoms with Crippen molar-refractivity contribution >= 4 is 11.6 Å². The summed E-state index contributed by atoms with van der Waals surface area (Å²) in [4.78, 5) is 13.5. The van der Waals surface area contributed by atoms with Crippen molar-refractivity contribution in [1.29, 1.82) is 0 Å². The number of para-hydroxylation sites is 1. The van der Waals surface area contributed by atoms with Gasteiger partial charge in [0.2, 0.25) is 5.91 Å². The molecule has 0 fully saturated rings. The van der Waals surface area contributed by atoms with Crippen molar-refractivity contribution in [3.63, 3.8) is 0 Å². The van der Waals surface area contributed by atoms with E-state index in [1.165, 1.54) is 5.56 Å². The maximum atomic E-state index is 11.7. The van der Waals surface area contributed by atoms with Crippen LogP contribution < -0.4 is 4.90 Å². The van der Waals surface area contributed by atoms with E-state index in [9.17, 15) is 4.79 Å². The second kappa shape index (κ2) is 6.01. The SMILES string of the molecule is CC(=O)N(CCc1ccccc1)c1ccccc1. The molecule has 0 bridgehead atoms. The molecule has 0 unspecified atom stereocenters. The average molecular weight is 239 g/mol. The maximum absolute atomic E-state index is 11.7. The molecule has 0 aliphatic rings. The molecule has 0 saturated heterocycles. The van der Waals surface area contributed by atoms with Crippen molar-refractivity contribution in [3.8, 4) is 0 Å². The highest BCUT2D eigenvalue weighted by molar-refractivity contribution is 5.91. The Morgan fingerprint density at radius 3 is 2.06 bits per heavy atom. The molecule has 92 valence electrons. The van der Waals surface area contributed by atoms with Crippen LogP contribution in [0.15, 0.2) is 60.7 Å². The van der Waals surface area contributed by atoms with E-state index in [0.29, 0.717) is 6.54 Å². The third-order valence-electron chi connectivity index (χ3n) is 2.91. The molecular weight excluding hydrogens is 222 g/mol. The third kappa shape index (κ3) is 3.20. The van der Waals surface area contributed by atoms with E-state index < -0.39 is 0 Å². The maximum Gasteiger partial charge on any atom is 0.223 e. The van der Waals surface area contributed by atoms with Crippen LogP contribution in [0.3, 0.4) is 0 Å². The van der Waals surface area contributed by atoms with Crippen LogP contribution in [0, 0.1) is 0 Å². The van der Waals surface area contributed by atoms with Crippen molar-refractivity contribution in [2.75, 3.05) is 11.4 Å². The summed E-state index contributed by atoms with van der Waals surface area (Å²) in [6, 6.07) is 20.0. The lowest BCUT2D eigenvalue weighted by Crippen LogP contribution is -2.30. The Morgan fingerprint density at radius 1 is 0.944 bits per heavy atom. The zero-order chi connectivity index (χ0) is 12.8.